The van der Waals surface area contributed by atoms with Crippen LogP contribution in [0.15, 0.2) is 64.7 Å². The van der Waals surface area contributed by atoms with Gasteiger partial charge >= 0.3 is 0 Å². The fraction of sp³-hybridized carbons (Fsp3) is 0.174. The molecule has 1 N–H and O–H groups in total. The van der Waals surface area contributed by atoms with Crippen molar-refractivity contribution in [2.24, 2.45) is 0 Å². The number of Topliss-reactive ketones (excluding diaryl/α,β-unsaturated/α-hetero) is 1. The summed E-state index contributed by atoms with van der Waals surface area (Å²) in [6.07, 6.45) is 1.62. The van der Waals surface area contributed by atoms with Crippen molar-refractivity contribution in [3.63, 3.8) is 0 Å². The molecule has 1 unspecified atom stereocenters. The van der Waals surface area contributed by atoms with E-state index in [2.05, 4.69) is 4.98 Å². The Morgan fingerprint density at radius 3 is 2.71 bits per heavy atom. The first-order valence-corrected chi connectivity index (χ1v) is 9.67. The molecule has 1 aromatic carbocycles. The minimum Gasteiger partial charge on any atom is -0.507 e. The highest BCUT2D eigenvalue weighted by Crippen LogP contribution is 2.42. The van der Waals surface area contributed by atoms with Crippen LogP contribution in [0.1, 0.15) is 28.8 Å². The fourth-order valence-electron chi connectivity index (χ4n) is 3.80. The smallest absolute Gasteiger partial charge is 0.296 e. The van der Waals surface area contributed by atoms with E-state index in [0.717, 1.165) is 0 Å². The maximum absolute atomic E-state index is 13.0. The normalized spacial score (nSPS) is 19.3. The highest BCUT2D eigenvalue weighted by molar-refractivity contribution is 6.46. The number of hydrogen-bond donors (Lipinski definition) is 1. The van der Waals surface area contributed by atoms with E-state index in [1.54, 1.807) is 61.7 Å². The average molecular weight is 418 g/mol. The molecule has 2 aliphatic heterocycles. The molecule has 0 saturated carbocycles. The number of amides is 1. The fourth-order valence-corrected chi connectivity index (χ4v) is 3.80. The predicted octanol–water partition coefficient (Wildman–Crippen LogP) is 3.33. The van der Waals surface area contributed by atoms with Crippen LogP contribution in [0, 0.1) is 6.92 Å². The van der Waals surface area contributed by atoms with Gasteiger partial charge in [-0.15, -0.1) is 0 Å². The lowest BCUT2D eigenvalue weighted by molar-refractivity contribution is -0.140. The van der Waals surface area contributed by atoms with Crippen LogP contribution < -0.4 is 9.47 Å². The average Bonchev–Trinajstić information content (AvgIpc) is 3.48. The van der Waals surface area contributed by atoms with Crippen LogP contribution in [-0.2, 0) is 16.1 Å². The number of benzene rings is 1. The second kappa shape index (κ2) is 7.32. The molecule has 0 bridgehead atoms. The molecular formula is C23H18N2O6. The summed E-state index contributed by atoms with van der Waals surface area (Å²) in [5.41, 5.74) is 0.906. The van der Waals surface area contributed by atoms with Crippen molar-refractivity contribution in [3.8, 4) is 11.5 Å². The first-order valence-electron chi connectivity index (χ1n) is 9.67. The van der Waals surface area contributed by atoms with Crippen LogP contribution in [-0.4, -0.2) is 33.5 Å². The number of carbonyl (C=O) groups is 2. The Balaban J connectivity index is 1.63. The Kier molecular flexibility index (Phi) is 4.47. The Labute approximate surface area is 177 Å². The van der Waals surface area contributed by atoms with Crippen molar-refractivity contribution in [1.82, 2.24) is 9.88 Å². The molecule has 1 atom stereocenters. The zero-order valence-corrected chi connectivity index (χ0v) is 16.6. The van der Waals surface area contributed by atoms with E-state index < -0.39 is 17.7 Å². The van der Waals surface area contributed by atoms with Gasteiger partial charge in [0.25, 0.3) is 11.7 Å². The first-order chi connectivity index (χ1) is 15.0. The Morgan fingerprint density at radius 1 is 1.13 bits per heavy atom. The zero-order chi connectivity index (χ0) is 21.5. The highest BCUT2D eigenvalue weighted by atomic mass is 16.7. The van der Waals surface area contributed by atoms with Gasteiger partial charge in [0.15, 0.2) is 11.5 Å². The number of ketones is 1. The summed E-state index contributed by atoms with van der Waals surface area (Å²) in [6.45, 7) is 1.94. The molecule has 156 valence electrons. The van der Waals surface area contributed by atoms with Crippen molar-refractivity contribution < 1.29 is 28.6 Å². The molecule has 0 spiro atoms. The SMILES string of the molecule is Cc1ccc(C2/C(=C(/O)c3ccc4c(c3)OCO4)C(=O)C(=O)N2Cc2ccccn2)o1. The summed E-state index contributed by atoms with van der Waals surface area (Å²) >= 11 is 0. The number of pyridine rings is 1. The van der Waals surface area contributed by atoms with Gasteiger partial charge in [0.2, 0.25) is 6.79 Å². The van der Waals surface area contributed by atoms with Gasteiger partial charge in [0.1, 0.15) is 23.3 Å². The lowest BCUT2D eigenvalue weighted by Crippen LogP contribution is -2.29. The number of ether oxygens (including phenoxy) is 2. The van der Waals surface area contributed by atoms with Crippen molar-refractivity contribution in [2.75, 3.05) is 6.79 Å². The third-order valence-corrected chi connectivity index (χ3v) is 5.28. The third kappa shape index (κ3) is 3.22. The maximum Gasteiger partial charge on any atom is 0.296 e. The number of aryl methyl sites for hydroxylation is 1. The van der Waals surface area contributed by atoms with E-state index in [0.29, 0.717) is 34.3 Å². The van der Waals surface area contributed by atoms with Crippen LogP contribution in [0.4, 0.5) is 0 Å². The quantitative estimate of drug-likeness (QED) is 0.394. The lowest BCUT2D eigenvalue weighted by atomic mass is 9.99. The Morgan fingerprint density at radius 2 is 1.97 bits per heavy atom. The minimum absolute atomic E-state index is 0.0471. The van der Waals surface area contributed by atoms with E-state index in [9.17, 15) is 14.7 Å². The van der Waals surface area contributed by atoms with Crippen LogP contribution in [0.2, 0.25) is 0 Å². The van der Waals surface area contributed by atoms with Gasteiger partial charge in [-0.1, -0.05) is 6.07 Å². The van der Waals surface area contributed by atoms with Crippen molar-refractivity contribution in [2.45, 2.75) is 19.5 Å². The number of rotatable bonds is 4. The summed E-state index contributed by atoms with van der Waals surface area (Å²) in [4.78, 5) is 31.6. The molecule has 8 nitrogen and oxygen atoms in total. The van der Waals surface area contributed by atoms with Crippen LogP contribution in [0.3, 0.4) is 0 Å². The minimum atomic E-state index is -0.888. The number of aromatic nitrogens is 1. The van der Waals surface area contributed by atoms with Gasteiger partial charge in [-0.05, 0) is 49.4 Å². The summed E-state index contributed by atoms with van der Waals surface area (Å²) < 4.78 is 16.4. The molecule has 0 aliphatic carbocycles. The molecule has 2 aliphatic rings. The van der Waals surface area contributed by atoms with E-state index in [4.69, 9.17) is 13.9 Å². The second-order valence-electron chi connectivity index (χ2n) is 7.26. The number of furan rings is 1. The molecular weight excluding hydrogens is 400 g/mol. The van der Waals surface area contributed by atoms with Gasteiger partial charge in [-0.3, -0.25) is 14.6 Å². The van der Waals surface area contributed by atoms with Gasteiger partial charge in [-0.2, -0.15) is 0 Å². The number of nitrogens with zero attached hydrogens (tertiary/aromatic N) is 2. The largest absolute Gasteiger partial charge is 0.507 e. The highest BCUT2D eigenvalue weighted by Gasteiger charge is 2.47. The molecule has 4 heterocycles. The summed E-state index contributed by atoms with van der Waals surface area (Å²) in [7, 11) is 0. The topological polar surface area (TPSA) is 102 Å². The molecule has 5 rings (SSSR count). The molecule has 1 saturated heterocycles. The molecule has 3 aromatic rings. The summed E-state index contributed by atoms with van der Waals surface area (Å²) in [5, 5.41) is 11.1. The van der Waals surface area contributed by atoms with Gasteiger partial charge in [0.05, 0.1) is 17.8 Å². The van der Waals surface area contributed by atoms with Crippen LogP contribution >= 0.6 is 0 Å². The van der Waals surface area contributed by atoms with Crippen LogP contribution in [0.25, 0.3) is 5.76 Å². The number of fused-ring (bicyclic) bond motifs is 1. The van der Waals surface area contributed by atoms with E-state index >= 15 is 0 Å². The zero-order valence-electron chi connectivity index (χ0n) is 16.6. The van der Waals surface area contributed by atoms with Gasteiger partial charge < -0.3 is 23.9 Å². The Hall–Kier alpha value is -4.07. The molecule has 31 heavy (non-hydrogen) atoms. The monoisotopic (exact) mass is 418 g/mol. The third-order valence-electron chi connectivity index (χ3n) is 5.28. The van der Waals surface area contributed by atoms with Crippen molar-refractivity contribution >= 4 is 17.4 Å². The first kappa shape index (κ1) is 18.9. The number of hydrogen-bond acceptors (Lipinski definition) is 7. The van der Waals surface area contributed by atoms with Gasteiger partial charge in [-0.25, -0.2) is 0 Å². The molecule has 0 radical (unpaired) electrons. The molecule has 2 aromatic heterocycles. The van der Waals surface area contributed by atoms with E-state index in [1.165, 1.54) is 4.90 Å². The second-order valence-corrected chi connectivity index (χ2v) is 7.26. The van der Waals surface area contributed by atoms with Crippen molar-refractivity contribution in [3.05, 3.63) is 83.1 Å². The number of aliphatic hydroxyl groups excluding tert-OH is 1. The Bertz CT molecular complexity index is 1210. The maximum atomic E-state index is 13.0. The number of likely N-dealkylation sites (tertiary alicyclic amines) is 1. The number of aliphatic hydroxyl groups is 1. The molecule has 8 heteroatoms. The molecule has 1 fully saturated rings. The van der Waals surface area contributed by atoms with E-state index in [1.807, 2.05) is 0 Å². The van der Waals surface area contributed by atoms with Crippen LogP contribution in [0.5, 0.6) is 11.5 Å². The summed E-state index contributed by atoms with van der Waals surface area (Å²) in [6, 6.07) is 12.7. The standard InChI is InChI=1S/C23H18N2O6/c1-13-5-7-17(31-13)20-19(21(26)14-6-8-16-18(10-14)30-12-29-16)22(27)23(28)25(20)11-15-4-2-3-9-24-15/h2-10,20,26H,11-12H2,1H3/b21-19-. The lowest BCUT2D eigenvalue weighted by Gasteiger charge is -2.23. The predicted molar refractivity (Wildman–Crippen MR) is 108 cm³/mol. The summed E-state index contributed by atoms with van der Waals surface area (Å²) in [5.74, 6) is 0.190. The molecule has 1 amide bonds. The number of carbonyl (C=O) groups excluding carboxylic acids is 2. The van der Waals surface area contributed by atoms with E-state index in [-0.39, 0.29) is 24.7 Å². The van der Waals surface area contributed by atoms with Crippen molar-refractivity contribution in [1.29, 1.82) is 0 Å². The van der Waals surface area contributed by atoms with Gasteiger partial charge in [0, 0.05) is 11.8 Å².